The lowest BCUT2D eigenvalue weighted by atomic mass is 9.96. The minimum atomic E-state index is -0.769. The van der Waals surface area contributed by atoms with E-state index in [0.29, 0.717) is 12.8 Å². The van der Waals surface area contributed by atoms with Crippen LogP contribution in [0.4, 0.5) is 0 Å². The number of hydrogen-bond acceptors (Lipinski definition) is 2. The summed E-state index contributed by atoms with van der Waals surface area (Å²) in [5.74, 6) is -0.769. The van der Waals surface area contributed by atoms with E-state index in [1.165, 1.54) is 5.56 Å². The van der Waals surface area contributed by atoms with Crippen molar-refractivity contribution < 1.29 is 15.0 Å². The van der Waals surface area contributed by atoms with E-state index in [4.69, 9.17) is 5.11 Å². The monoisotopic (exact) mass is 222 g/mol. The van der Waals surface area contributed by atoms with Crippen LogP contribution in [0.5, 0.6) is 0 Å². The first kappa shape index (κ1) is 12.7. The van der Waals surface area contributed by atoms with Crippen LogP contribution in [0.2, 0.25) is 0 Å². The summed E-state index contributed by atoms with van der Waals surface area (Å²) in [4.78, 5) is 10.4. The van der Waals surface area contributed by atoms with Crippen LogP contribution in [0.1, 0.15) is 35.1 Å². The van der Waals surface area contributed by atoms with E-state index in [1.807, 2.05) is 26.0 Å². The Morgan fingerprint density at radius 1 is 1.19 bits per heavy atom. The number of rotatable bonds is 5. The van der Waals surface area contributed by atoms with Gasteiger partial charge in [-0.2, -0.15) is 0 Å². The molecule has 1 rings (SSSR count). The van der Waals surface area contributed by atoms with Crippen LogP contribution in [-0.2, 0) is 17.8 Å². The number of aryl methyl sites for hydroxylation is 3. The summed E-state index contributed by atoms with van der Waals surface area (Å²) in [5.41, 5.74) is 4.31. The van der Waals surface area contributed by atoms with Crippen molar-refractivity contribution in [2.24, 2.45) is 0 Å². The maximum Gasteiger partial charge on any atom is 0.303 e. The zero-order valence-electron chi connectivity index (χ0n) is 9.79. The number of hydrogen-bond donors (Lipinski definition) is 2. The highest BCUT2D eigenvalue weighted by molar-refractivity contribution is 5.66. The third kappa shape index (κ3) is 3.35. The minimum absolute atomic E-state index is 0.0174. The van der Waals surface area contributed by atoms with Gasteiger partial charge in [-0.05, 0) is 48.9 Å². The molecule has 0 spiro atoms. The summed E-state index contributed by atoms with van der Waals surface area (Å²) in [7, 11) is 0. The van der Waals surface area contributed by atoms with Gasteiger partial charge in [0, 0.05) is 6.42 Å². The summed E-state index contributed by atoms with van der Waals surface area (Å²) in [6.07, 6.45) is 1.51. The fraction of sp³-hybridized carbons (Fsp3) is 0.462. The van der Waals surface area contributed by atoms with Gasteiger partial charge in [0.2, 0.25) is 0 Å². The van der Waals surface area contributed by atoms with Gasteiger partial charge in [-0.1, -0.05) is 12.1 Å². The Bertz CT molecular complexity index is 383. The van der Waals surface area contributed by atoms with Crippen LogP contribution in [-0.4, -0.2) is 16.2 Å². The first-order chi connectivity index (χ1) is 7.54. The van der Waals surface area contributed by atoms with Crippen molar-refractivity contribution in [1.29, 1.82) is 0 Å². The van der Waals surface area contributed by atoms with Gasteiger partial charge >= 0.3 is 5.97 Å². The maximum absolute atomic E-state index is 10.4. The molecule has 0 aliphatic heterocycles. The molecule has 1 aromatic rings. The zero-order chi connectivity index (χ0) is 12.1. The summed E-state index contributed by atoms with van der Waals surface area (Å²) < 4.78 is 0. The first-order valence-electron chi connectivity index (χ1n) is 5.46. The Kier molecular flexibility index (Phi) is 4.50. The molecule has 0 saturated carbocycles. The Hall–Kier alpha value is -1.35. The molecule has 0 fully saturated rings. The van der Waals surface area contributed by atoms with Crippen LogP contribution >= 0.6 is 0 Å². The number of aliphatic carboxylic acids is 1. The number of carboxylic acid groups (broad SMARTS) is 1. The molecule has 0 radical (unpaired) electrons. The third-order valence-corrected chi connectivity index (χ3v) is 2.82. The topological polar surface area (TPSA) is 57.5 Å². The molecule has 0 unspecified atom stereocenters. The van der Waals surface area contributed by atoms with E-state index in [2.05, 4.69) is 0 Å². The van der Waals surface area contributed by atoms with Gasteiger partial charge in [-0.3, -0.25) is 4.79 Å². The summed E-state index contributed by atoms with van der Waals surface area (Å²) in [5, 5.41) is 17.8. The Morgan fingerprint density at radius 3 is 2.25 bits per heavy atom. The summed E-state index contributed by atoms with van der Waals surface area (Å²) in [6.45, 7) is 4.05. The molecular formula is C13H18O3. The number of aliphatic hydroxyl groups excluding tert-OH is 1. The van der Waals surface area contributed by atoms with Gasteiger partial charge in [0.25, 0.3) is 0 Å². The van der Waals surface area contributed by atoms with Crippen molar-refractivity contribution >= 4 is 5.97 Å². The summed E-state index contributed by atoms with van der Waals surface area (Å²) >= 11 is 0. The lowest BCUT2D eigenvalue weighted by Gasteiger charge is -2.10. The second-order valence-corrected chi connectivity index (χ2v) is 4.11. The highest BCUT2D eigenvalue weighted by atomic mass is 16.4. The number of carboxylic acids is 1. The second-order valence-electron chi connectivity index (χ2n) is 4.11. The molecular weight excluding hydrogens is 204 g/mol. The predicted molar refractivity (Wildman–Crippen MR) is 62.4 cm³/mol. The molecule has 0 aliphatic rings. The molecule has 16 heavy (non-hydrogen) atoms. The summed E-state index contributed by atoms with van der Waals surface area (Å²) in [6, 6.07) is 4.02. The lowest BCUT2D eigenvalue weighted by molar-refractivity contribution is -0.137. The molecule has 0 atom stereocenters. The molecule has 2 N–H and O–H groups in total. The zero-order valence-corrected chi connectivity index (χ0v) is 9.79. The normalized spacial score (nSPS) is 10.4. The standard InChI is InChI=1S/C13H18O3/c1-9-6-11(4-3-5-13(15)16)12(8-14)7-10(9)2/h6-7,14H,3-5,8H2,1-2H3,(H,15,16). The van der Waals surface area contributed by atoms with Crippen LogP contribution in [0, 0.1) is 13.8 Å². The van der Waals surface area contributed by atoms with Crippen molar-refractivity contribution in [3.05, 3.63) is 34.4 Å². The van der Waals surface area contributed by atoms with Gasteiger partial charge in [0.15, 0.2) is 0 Å². The maximum atomic E-state index is 10.4. The van der Waals surface area contributed by atoms with Gasteiger partial charge in [-0.15, -0.1) is 0 Å². The molecule has 0 heterocycles. The molecule has 0 aliphatic carbocycles. The third-order valence-electron chi connectivity index (χ3n) is 2.82. The number of aliphatic hydroxyl groups is 1. The fourth-order valence-corrected chi connectivity index (χ4v) is 1.75. The van der Waals surface area contributed by atoms with Crippen LogP contribution in [0.3, 0.4) is 0 Å². The predicted octanol–water partition coefficient (Wildman–Crippen LogP) is 2.20. The molecule has 0 bridgehead atoms. The van der Waals surface area contributed by atoms with Gasteiger partial charge in [0.05, 0.1) is 6.61 Å². The van der Waals surface area contributed by atoms with Crippen LogP contribution < -0.4 is 0 Å². The average molecular weight is 222 g/mol. The molecule has 0 amide bonds. The van der Waals surface area contributed by atoms with E-state index in [0.717, 1.165) is 16.7 Å². The van der Waals surface area contributed by atoms with Gasteiger partial charge in [-0.25, -0.2) is 0 Å². The Labute approximate surface area is 95.7 Å². The van der Waals surface area contributed by atoms with Crippen molar-refractivity contribution in [3.8, 4) is 0 Å². The molecule has 88 valence electrons. The van der Waals surface area contributed by atoms with Crippen LogP contribution in [0.15, 0.2) is 12.1 Å². The first-order valence-corrected chi connectivity index (χ1v) is 5.46. The van der Waals surface area contributed by atoms with Crippen molar-refractivity contribution in [2.75, 3.05) is 0 Å². The average Bonchev–Trinajstić information content (AvgIpc) is 2.22. The quantitative estimate of drug-likeness (QED) is 0.803. The fourth-order valence-electron chi connectivity index (χ4n) is 1.75. The van der Waals surface area contributed by atoms with Crippen LogP contribution in [0.25, 0.3) is 0 Å². The van der Waals surface area contributed by atoms with Gasteiger partial charge in [0.1, 0.15) is 0 Å². The molecule has 0 saturated heterocycles. The van der Waals surface area contributed by atoms with Crippen molar-refractivity contribution in [2.45, 2.75) is 39.7 Å². The van der Waals surface area contributed by atoms with Gasteiger partial charge < -0.3 is 10.2 Å². The van der Waals surface area contributed by atoms with E-state index in [1.54, 1.807) is 0 Å². The lowest BCUT2D eigenvalue weighted by Crippen LogP contribution is -2.00. The SMILES string of the molecule is Cc1cc(CO)c(CCCC(=O)O)cc1C. The second kappa shape index (κ2) is 5.66. The smallest absolute Gasteiger partial charge is 0.303 e. The molecule has 0 aromatic heterocycles. The molecule has 3 nitrogen and oxygen atoms in total. The van der Waals surface area contributed by atoms with E-state index >= 15 is 0 Å². The van der Waals surface area contributed by atoms with Crippen molar-refractivity contribution in [1.82, 2.24) is 0 Å². The largest absolute Gasteiger partial charge is 0.481 e. The Morgan fingerprint density at radius 2 is 1.75 bits per heavy atom. The van der Waals surface area contributed by atoms with E-state index in [9.17, 15) is 9.90 Å². The van der Waals surface area contributed by atoms with Crippen molar-refractivity contribution in [3.63, 3.8) is 0 Å². The van der Waals surface area contributed by atoms with E-state index < -0.39 is 5.97 Å². The number of benzene rings is 1. The number of carbonyl (C=O) groups is 1. The molecule has 3 heteroatoms. The highest BCUT2D eigenvalue weighted by Gasteiger charge is 2.05. The highest BCUT2D eigenvalue weighted by Crippen LogP contribution is 2.18. The molecule has 1 aromatic carbocycles. The minimum Gasteiger partial charge on any atom is -0.481 e. The Balaban J connectivity index is 2.77. The van der Waals surface area contributed by atoms with E-state index in [-0.39, 0.29) is 13.0 Å².